The maximum absolute atomic E-state index is 11.9. The van der Waals surface area contributed by atoms with E-state index in [-0.39, 0.29) is 11.1 Å². The van der Waals surface area contributed by atoms with Crippen molar-refractivity contribution in [3.63, 3.8) is 0 Å². The summed E-state index contributed by atoms with van der Waals surface area (Å²) >= 11 is 0. The zero-order valence-corrected chi connectivity index (χ0v) is 11.1. The van der Waals surface area contributed by atoms with Crippen LogP contribution in [0.4, 0.5) is 0 Å². The fraction of sp³-hybridized carbons (Fsp3) is 0.267. The lowest BCUT2D eigenvalue weighted by Gasteiger charge is -2.07. The summed E-state index contributed by atoms with van der Waals surface area (Å²) in [6, 6.07) is 11.4. The fourth-order valence-corrected chi connectivity index (χ4v) is 1.85. The molecule has 4 heteroatoms. The molecule has 2 rings (SSSR count). The van der Waals surface area contributed by atoms with E-state index >= 15 is 0 Å². The first-order valence-electron chi connectivity index (χ1n) is 6.25. The minimum atomic E-state index is -0.319. The number of aromatic nitrogens is 2. The second-order valence-electron chi connectivity index (χ2n) is 4.45. The number of nitriles is 1. The molecule has 1 heterocycles. The standard InChI is InChI=1S/C15H15N3O/c1-3-8-18-15(19)13(10-16)9-14(17-18)12-6-4-11(2)5-7-12/h4-7,9H,3,8H2,1-2H3. The van der Waals surface area contributed by atoms with Gasteiger partial charge in [0.25, 0.3) is 5.56 Å². The van der Waals surface area contributed by atoms with Gasteiger partial charge >= 0.3 is 0 Å². The average Bonchev–Trinajstić information content (AvgIpc) is 2.42. The Bertz CT molecular complexity index is 678. The number of nitrogens with zero attached hydrogens (tertiary/aromatic N) is 3. The van der Waals surface area contributed by atoms with Crippen LogP contribution in [0.5, 0.6) is 0 Å². The van der Waals surface area contributed by atoms with Gasteiger partial charge in [-0.2, -0.15) is 10.4 Å². The molecule has 0 atom stereocenters. The molecule has 0 radical (unpaired) electrons. The smallest absolute Gasteiger partial charge is 0.266 e. The maximum atomic E-state index is 11.9. The zero-order chi connectivity index (χ0) is 13.8. The van der Waals surface area contributed by atoms with Gasteiger partial charge in [0, 0.05) is 12.1 Å². The molecule has 0 spiro atoms. The highest BCUT2D eigenvalue weighted by Gasteiger charge is 2.09. The highest BCUT2D eigenvalue weighted by molar-refractivity contribution is 5.60. The molecular weight excluding hydrogens is 238 g/mol. The van der Waals surface area contributed by atoms with Crippen LogP contribution in [0.2, 0.25) is 0 Å². The molecule has 0 amide bonds. The summed E-state index contributed by atoms with van der Waals surface area (Å²) in [4.78, 5) is 11.9. The van der Waals surface area contributed by atoms with Crippen molar-refractivity contribution in [2.24, 2.45) is 0 Å². The van der Waals surface area contributed by atoms with E-state index in [1.54, 1.807) is 6.07 Å². The highest BCUT2D eigenvalue weighted by Crippen LogP contribution is 2.17. The summed E-state index contributed by atoms with van der Waals surface area (Å²) in [5, 5.41) is 13.4. The molecule has 0 aliphatic heterocycles. The monoisotopic (exact) mass is 253 g/mol. The molecule has 0 aliphatic carbocycles. The van der Waals surface area contributed by atoms with Gasteiger partial charge in [0.1, 0.15) is 11.6 Å². The van der Waals surface area contributed by atoms with Crippen molar-refractivity contribution >= 4 is 0 Å². The molecular formula is C15H15N3O. The first-order valence-corrected chi connectivity index (χ1v) is 6.25. The molecule has 0 bridgehead atoms. The van der Waals surface area contributed by atoms with Crippen molar-refractivity contribution in [2.75, 3.05) is 0 Å². The molecule has 19 heavy (non-hydrogen) atoms. The van der Waals surface area contributed by atoms with Gasteiger partial charge in [-0.1, -0.05) is 36.8 Å². The number of rotatable bonds is 3. The third-order valence-electron chi connectivity index (χ3n) is 2.88. The summed E-state index contributed by atoms with van der Waals surface area (Å²) in [7, 11) is 0. The van der Waals surface area contributed by atoms with Crippen LogP contribution < -0.4 is 5.56 Å². The van der Waals surface area contributed by atoms with E-state index in [1.165, 1.54) is 4.68 Å². The number of hydrogen-bond donors (Lipinski definition) is 0. The van der Waals surface area contributed by atoms with E-state index in [2.05, 4.69) is 5.10 Å². The van der Waals surface area contributed by atoms with Gasteiger partial charge in [-0.05, 0) is 19.4 Å². The van der Waals surface area contributed by atoms with Gasteiger partial charge < -0.3 is 0 Å². The summed E-state index contributed by atoms with van der Waals surface area (Å²) < 4.78 is 1.37. The maximum Gasteiger partial charge on any atom is 0.284 e. The van der Waals surface area contributed by atoms with Crippen LogP contribution in [0, 0.1) is 18.3 Å². The molecule has 0 unspecified atom stereocenters. The van der Waals surface area contributed by atoms with Crippen LogP contribution in [-0.2, 0) is 6.54 Å². The van der Waals surface area contributed by atoms with Crippen LogP contribution in [0.1, 0.15) is 24.5 Å². The van der Waals surface area contributed by atoms with Crippen LogP contribution in [-0.4, -0.2) is 9.78 Å². The molecule has 0 saturated carbocycles. The molecule has 2 aromatic rings. The molecule has 96 valence electrons. The Morgan fingerprint density at radius 1 is 1.32 bits per heavy atom. The number of hydrogen-bond acceptors (Lipinski definition) is 3. The van der Waals surface area contributed by atoms with E-state index in [0.29, 0.717) is 12.2 Å². The second kappa shape index (κ2) is 5.49. The molecule has 4 nitrogen and oxygen atoms in total. The van der Waals surface area contributed by atoms with Gasteiger partial charge in [-0.15, -0.1) is 0 Å². The number of aryl methyl sites for hydroxylation is 2. The predicted octanol–water partition coefficient (Wildman–Crippen LogP) is 2.50. The molecule has 0 saturated heterocycles. The molecule has 1 aromatic carbocycles. The Kier molecular flexibility index (Phi) is 3.76. The van der Waals surface area contributed by atoms with E-state index in [9.17, 15) is 4.79 Å². The second-order valence-corrected chi connectivity index (χ2v) is 4.45. The van der Waals surface area contributed by atoms with Crippen molar-refractivity contribution in [1.82, 2.24) is 9.78 Å². The SMILES string of the molecule is CCCn1nc(-c2ccc(C)cc2)cc(C#N)c1=O. The van der Waals surface area contributed by atoms with Crippen LogP contribution >= 0.6 is 0 Å². The van der Waals surface area contributed by atoms with Gasteiger partial charge in [-0.25, -0.2) is 4.68 Å². The van der Waals surface area contributed by atoms with Crippen molar-refractivity contribution < 1.29 is 0 Å². The molecule has 0 N–H and O–H groups in total. The minimum absolute atomic E-state index is 0.138. The summed E-state index contributed by atoms with van der Waals surface area (Å²) in [6.45, 7) is 4.50. The van der Waals surface area contributed by atoms with E-state index in [0.717, 1.165) is 17.5 Å². The lowest BCUT2D eigenvalue weighted by atomic mass is 10.1. The average molecular weight is 253 g/mol. The van der Waals surface area contributed by atoms with Gasteiger partial charge in [0.05, 0.1) is 5.69 Å². The Hall–Kier alpha value is -2.41. The lowest BCUT2D eigenvalue weighted by molar-refractivity contribution is 0.569. The van der Waals surface area contributed by atoms with Crippen LogP contribution in [0.15, 0.2) is 35.1 Å². The predicted molar refractivity (Wildman–Crippen MR) is 73.7 cm³/mol. The Balaban J connectivity index is 2.58. The van der Waals surface area contributed by atoms with Crippen molar-refractivity contribution in [2.45, 2.75) is 26.8 Å². The first kappa shape index (κ1) is 13.0. The van der Waals surface area contributed by atoms with E-state index in [4.69, 9.17) is 5.26 Å². The van der Waals surface area contributed by atoms with Crippen molar-refractivity contribution in [3.05, 3.63) is 51.8 Å². The lowest BCUT2D eigenvalue weighted by Crippen LogP contribution is -2.25. The fourth-order valence-electron chi connectivity index (χ4n) is 1.85. The Labute approximate surface area is 111 Å². The summed E-state index contributed by atoms with van der Waals surface area (Å²) in [5.41, 5.74) is 2.54. The van der Waals surface area contributed by atoms with Crippen LogP contribution in [0.3, 0.4) is 0 Å². The zero-order valence-electron chi connectivity index (χ0n) is 11.1. The Morgan fingerprint density at radius 3 is 2.58 bits per heavy atom. The highest BCUT2D eigenvalue weighted by atomic mass is 16.1. The summed E-state index contributed by atoms with van der Waals surface area (Å²) in [5.74, 6) is 0. The van der Waals surface area contributed by atoms with Crippen LogP contribution in [0.25, 0.3) is 11.3 Å². The number of benzene rings is 1. The van der Waals surface area contributed by atoms with Gasteiger partial charge in [0.15, 0.2) is 0 Å². The topological polar surface area (TPSA) is 58.7 Å². The molecule has 0 fully saturated rings. The van der Waals surface area contributed by atoms with Crippen molar-refractivity contribution in [3.8, 4) is 17.3 Å². The minimum Gasteiger partial charge on any atom is -0.266 e. The largest absolute Gasteiger partial charge is 0.284 e. The van der Waals surface area contributed by atoms with Crippen molar-refractivity contribution in [1.29, 1.82) is 5.26 Å². The molecule has 1 aromatic heterocycles. The van der Waals surface area contributed by atoms with E-state index in [1.807, 2.05) is 44.2 Å². The Morgan fingerprint density at radius 2 is 2.00 bits per heavy atom. The quantitative estimate of drug-likeness (QED) is 0.844. The van der Waals surface area contributed by atoms with Gasteiger partial charge in [-0.3, -0.25) is 4.79 Å². The van der Waals surface area contributed by atoms with Gasteiger partial charge in [0.2, 0.25) is 0 Å². The normalized spacial score (nSPS) is 10.2. The third-order valence-corrected chi connectivity index (χ3v) is 2.88. The molecule has 0 aliphatic rings. The van der Waals surface area contributed by atoms with E-state index < -0.39 is 0 Å². The third kappa shape index (κ3) is 2.71. The summed E-state index contributed by atoms with van der Waals surface area (Å²) in [6.07, 6.45) is 0.801. The first-order chi connectivity index (χ1) is 9.15.